The number of rotatable bonds is 5. The molecule has 1 amide bonds. The van der Waals surface area contributed by atoms with Gasteiger partial charge in [0, 0.05) is 10.7 Å². The molecule has 4 heteroatoms. The number of hydrazone groups is 1. The maximum absolute atomic E-state index is 11.6. The maximum Gasteiger partial charge on any atom is 0.244 e. The third-order valence-corrected chi connectivity index (χ3v) is 2.68. The number of amides is 1. The average Bonchev–Trinajstić information content (AvgIpc) is 2.33. The fraction of sp³-hybridized carbons (Fsp3) is 0.385. The van der Waals surface area contributed by atoms with Crippen LogP contribution in [0.25, 0.3) is 0 Å². The van der Waals surface area contributed by atoms with E-state index in [0.29, 0.717) is 11.4 Å². The van der Waals surface area contributed by atoms with E-state index in [4.69, 9.17) is 11.6 Å². The van der Waals surface area contributed by atoms with E-state index in [1.54, 1.807) is 12.1 Å². The molecule has 0 bridgehead atoms. The SMILES string of the molecule is CCC(CC)=NNC(=O)Cc1ccc(Cl)cc1. The molecule has 0 aliphatic carbocycles. The van der Waals surface area contributed by atoms with Crippen LogP contribution in [0.4, 0.5) is 0 Å². The molecule has 1 aromatic carbocycles. The zero-order valence-electron chi connectivity index (χ0n) is 10.2. The van der Waals surface area contributed by atoms with Gasteiger partial charge in [-0.3, -0.25) is 4.79 Å². The van der Waals surface area contributed by atoms with E-state index < -0.39 is 0 Å². The first kappa shape index (κ1) is 13.7. The third kappa shape index (κ3) is 5.00. The Morgan fingerprint density at radius 1 is 1.24 bits per heavy atom. The lowest BCUT2D eigenvalue weighted by Gasteiger charge is -2.03. The largest absolute Gasteiger partial charge is 0.273 e. The monoisotopic (exact) mass is 252 g/mol. The van der Waals surface area contributed by atoms with Crippen LogP contribution in [0.3, 0.4) is 0 Å². The summed E-state index contributed by atoms with van der Waals surface area (Å²) in [6.07, 6.45) is 2.04. The van der Waals surface area contributed by atoms with E-state index in [-0.39, 0.29) is 5.91 Å². The van der Waals surface area contributed by atoms with Gasteiger partial charge in [-0.25, -0.2) is 5.43 Å². The zero-order chi connectivity index (χ0) is 12.7. The van der Waals surface area contributed by atoms with Gasteiger partial charge >= 0.3 is 0 Å². The summed E-state index contributed by atoms with van der Waals surface area (Å²) < 4.78 is 0. The first-order chi connectivity index (χ1) is 8.15. The molecule has 0 saturated heterocycles. The van der Waals surface area contributed by atoms with E-state index in [2.05, 4.69) is 10.5 Å². The van der Waals surface area contributed by atoms with E-state index in [1.807, 2.05) is 26.0 Å². The lowest BCUT2D eigenvalue weighted by Crippen LogP contribution is -2.21. The van der Waals surface area contributed by atoms with Crippen molar-refractivity contribution in [3.63, 3.8) is 0 Å². The Kier molecular flexibility index (Phi) is 5.70. The van der Waals surface area contributed by atoms with Gasteiger partial charge in [0.15, 0.2) is 0 Å². The maximum atomic E-state index is 11.6. The van der Waals surface area contributed by atoms with Crippen molar-refractivity contribution in [1.29, 1.82) is 0 Å². The van der Waals surface area contributed by atoms with Gasteiger partial charge in [0.2, 0.25) is 5.91 Å². The molecular formula is C13H17ClN2O. The lowest BCUT2D eigenvalue weighted by molar-refractivity contribution is -0.120. The summed E-state index contributed by atoms with van der Waals surface area (Å²) >= 11 is 5.77. The van der Waals surface area contributed by atoms with E-state index in [9.17, 15) is 4.79 Å². The van der Waals surface area contributed by atoms with Crippen LogP contribution in [0.1, 0.15) is 32.3 Å². The molecule has 0 radical (unpaired) electrons. The summed E-state index contributed by atoms with van der Waals surface area (Å²) in [5, 5.41) is 4.74. The number of benzene rings is 1. The van der Waals surface area contributed by atoms with Crippen LogP contribution in [0.2, 0.25) is 5.02 Å². The van der Waals surface area contributed by atoms with E-state index >= 15 is 0 Å². The lowest BCUT2D eigenvalue weighted by atomic mass is 10.1. The van der Waals surface area contributed by atoms with Crippen molar-refractivity contribution in [2.45, 2.75) is 33.1 Å². The van der Waals surface area contributed by atoms with Gasteiger partial charge in [-0.05, 0) is 30.5 Å². The highest BCUT2D eigenvalue weighted by molar-refractivity contribution is 6.30. The molecule has 0 saturated carbocycles. The van der Waals surface area contributed by atoms with Crippen LogP contribution in [0.5, 0.6) is 0 Å². The van der Waals surface area contributed by atoms with Crippen molar-refractivity contribution in [3.8, 4) is 0 Å². The molecule has 92 valence electrons. The van der Waals surface area contributed by atoms with Crippen molar-refractivity contribution in [1.82, 2.24) is 5.43 Å². The van der Waals surface area contributed by atoms with Gasteiger partial charge in [0.25, 0.3) is 0 Å². The van der Waals surface area contributed by atoms with Crippen molar-refractivity contribution >= 4 is 23.2 Å². The second kappa shape index (κ2) is 7.07. The summed E-state index contributed by atoms with van der Waals surface area (Å²) in [5.74, 6) is -0.105. The highest BCUT2D eigenvalue weighted by Gasteiger charge is 2.02. The number of halogens is 1. The number of hydrogen-bond acceptors (Lipinski definition) is 2. The Morgan fingerprint density at radius 3 is 2.35 bits per heavy atom. The molecule has 0 unspecified atom stereocenters. The smallest absolute Gasteiger partial charge is 0.244 e. The quantitative estimate of drug-likeness (QED) is 0.635. The molecule has 1 N–H and O–H groups in total. The Morgan fingerprint density at radius 2 is 1.82 bits per heavy atom. The molecule has 0 heterocycles. The van der Waals surface area contributed by atoms with Gasteiger partial charge in [-0.2, -0.15) is 5.10 Å². The van der Waals surface area contributed by atoms with Gasteiger partial charge < -0.3 is 0 Å². The second-order valence-corrected chi connectivity index (χ2v) is 4.16. The summed E-state index contributed by atoms with van der Waals surface area (Å²) in [5.41, 5.74) is 4.49. The minimum Gasteiger partial charge on any atom is -0.273 e. The van der Waals surface area contributed by atoms with Crippen LogP contribution >= 0.6 is 11.6 Å². The minimum absolute atomic E-state index is 0.105. The van der Waals surface area contributed by atoms with Crippen molar-refractivity contribution < 1.29 is 4.79 Å². The van der Waals surface area contributed by atoms with Crippen molar-refractivity contribution in [2.24, 2.45) is 5.10 Å². The van der Waals surface area contributed by atoms with Gasteiger partial charge in [-0.1, -0.05) is 37.6 Å². The Balaban J connectivity index is 2.50. The molecule has 3 nitrogen and oxygen atoms in total. The molecule has 0 atom stereocenters. The minimum atomic E-state index is -0.105. The number of carbonyl (C=O) groups excluding carboxylic acids is 1. The molecule has 0 aromatic heterocycles. The Hall–Kier alpha value is -1.35. The topological polar surface area (TPSA) is 41.5 Å². The van der Waals surface area contributed by atoms with Crippen molar-refractivity contribution in [2.75, 3.05) is 0 Å². The number of nitrogens with one attached hydrogen (secondary N) is 1. The molecule has 0 aliphatic heterocycles. The zero-order valence-corrected chi connectivity index (χ0v) is 10.9. The molecule has 0 spiro atoms. The standard InChI is InChI=1S/C13H17ClN2O/c1-3-12(4-2)15-16-13(17)9-10-5-7-11(14)8-6-10/h5-8H,3-4,9H2,1-2H3,(H,16,17). The van der Waals surface area contributed by atoms with Crippen LogP contribution in [0, 0.1) is 0 Å². The first-order valence-corrected chi connectivity index (χ1v) is 6.12. The molecule has 0 aliphatic rings. The highest BCUT2D eigenvalue weighted by atomic mass is 35.5. The molecule has 0 fully saturated rings. The van der Waals surface area contributed by atoms with E-state index in [0.717, 1.165) is 24.1 Å². The molecule has 1 rings (SSSR count). The predicted octanol–water partition coefficient (Wildman–Crippen LogP) is 3.17. The van der Waals surface area contributed by atoms with E-state index in [1.165, 1.54) is 0 Å². The number of nitrogens with zero attached hydrogens (tertiary/aromatic N) is 1. The van der Waals surface area contributed by atoms with Crippen LogP contribution in [-0.4, -0.2) is 11.6 Å². The van der Waals surface area contributed by atoms with Gasteiger partial charge in [-0.15, -0.1) is 0 Å². The summed E-state index contributed by atoms with van der Waals surface area (Å²) in [7, 11) is 0. The second-order valence-electron chi connectivity index (χ2n) is 3.72. The summed E-state index contributed by atoms with van der Waals surface area (Å²) in [4.78, 5) is 11.6. The highest BCUT2D eigenvalue weighted by Crippen LogP contribution is 2.09. The molecule has 1 aromatic rings. The fourth-order valence-electron chi connectivity index (χ4n) is 1.38. The van der Waals surface area contributed by atoms with Gasteiger partial charge in [0.05, 0.1) is 6.42 Å². The summed E-state index contributed by atoms with van der Waals surface area (Å²) in [6.45, 7) is 4.04. The average molecular weight is 253 g/mol. The first-order valence-electron chi connectivity index (χ1n) is 5.74. The van der Waals surface area contributed by atoms with Crippen LogP contribution in [0.15, 0.2) is 29.4 Å². The van der Waals surface area contributed by atoms with Crippen molar-refractivity contribution in [3.05, 3.63) is 34.9 Å². The number of carbonyl (C=O) groups is 1. The number of hydrogen-bond donors (Lipinski definition) is 1. The van der Waals surface area contributed by atoms with Gasteiger partial charge in [0.1, 0.15) is 0 Å². The summed E-state index contributed by atoms with van der Waals surface area (Å²) in [6, 6.07) is 7.23. The molecule has 17 heavy (non-hydrogen) atoms. The fourth-order valence-corrected chi connectivity index (χ4v) is 1.50. The normalized spacial score (nSPS) is 9.82. The molecular weight excluding hydrogens is 236 g/mol. The Bertz CT molecular complexity index is 392. The third-order valence-electron chi connectivity index (χ3n) is 2.43. The van der Waals surface area contributed by atoms with Crippen LogP contribution < -0.4 is 5.43 Å². The predicted molar refractivity (Wildman–Crippen MR) is 71.3 cm³/mol. The van der Waals surface area contributed by atoms with Crippen LogP contribution in [-0.2, 0) is 11.2 Å². The Labute approximate surface area is 107 Å².